The highest BCUT2D eigenvalue weighted by Gasteiger charge is 2.18. The maximum absolute atomic E-state index is 5.82. The summed E-state index contributed by atoms with van der Waals surface area (Å²) < 4.78 is 5.82. The van der Waals surface area contributed by atoms with Crippen molar-refractivity contribution in [3.63, 3.8) is 0 Å². The molecule has 2 rings (SSSR count). The van der Waals surface area contributed by atoms with Crippen LogP contribution in [0.3, 0.4) is 0 Å². The first kappa shape index (κ1) is 14.4. The minimum absolute atomic E-state index is 0.446. The lowest BCUT2D eigenvalue weighted by atomic mass is 10.1. The summed E-state index contributed by atoms with van der Waals surface area (Å²) in [5.74, 6) is 0. The van der Waals surface area contributed by atoms with Gasteiger partial charge < -0.3 is 15.4 Å². The van der Waals surface area contributed by atoms with E-state index in [1.807, 2.05) is 18.5 Å². The summed E-state index contributed by atoms with van der Waals surface area (Å²) in [6, 6.07) is 4.16. The van der Waals surface area contributed by atoms with Crippen LogP contribution in [0.2, 0.25) is 0 Å². The summed E-state index contributed by atoms with van der Waals surface area (Å²) >= 11 is 0. The zero-order valence-corrected chi connectivity index (χ0v) is 11.6. The third-order valence-electron chi connectivity index (χ3n) is 3.68. The van der Waals surface area contributed by atoms with Crippen molar-refractivity contribution in [3.05, 3.63) is 30.1 Å². The van der Waals surface area contributed by atoms with Crippen molar-refractivity contribution in [1.29, 1.82) is 0 Å². The summed E-state index contributed by atoms with van der Waals surface area (Å²) in [6.07, 6.45) is 8.60. The molecule has 4 heteroatoms. The molecule has 4 nitrogen and oxygen atoms in total. The van der Waals surface area contributed by atoms with Crippen molar-refractivity contribution >= 4 is 0 Å². The number of likely N-dealkylation sites (tertiary alicyclic amines) is 1. The number of aromatic nitrogens is 1. The summed E-state index contributed by atoms with van der Waals surface area (Å²) in [6.45, 7) is 4.96. The van der Waals surface area contributed by atoms with Crippen LogP contribution in [-0.4, -0.2) is 48.8 Å². The number of nitrogens with zero attached hydrogens (tertiary/aromatic N) is 2. The quantitative estimate of drug-likeness (QED) is 0.757. The Balaban J connectivity index is 1.61. The zero-order valence-electron chi connectivity index (χ0n) is 11.6. The van der Waals surface area contributed by atoms with Crippen LogP contribution < -0.4 is 5.73 Å². The van der Waals surface area contributed by atoms with Gasteiger partial charge in [0.1, 0.15) is 0 Å². The van der Waals surface area contributed by atoms with Crippen LogP contribution in [0.1, 0.15) is 24.8 Å². The monoisotopic (exact) mass is 263 g/mol. The van der Waals surface area contributed by atoms with Crippen LogP contribution in [0.5, 0.6) is 0 Å². The summed E-state index contributed by atoms with van der Waals surface area (Å²) in [4.78, 5) is 6.68. The number of hydrogen-bond donors (Lipinski definition) is 1. The van der Waals surface area contributed by atoms with Gasteiger partial charge in [0.05, 0.1) is 6.10 Å². The van der Waals surface area contributed by atoms with E-state index in [1.54, 1.807) is 0 Å². The Kier molecular flexibility index (Phi) is 6.27. The first-order chi connectivity index (χ1) is 9.38. The molecule has 2 N–H and O–H groups in total. The zero-order chi connectivity index (χ0) is 13.3. The molecule has 106 valence electrons. The topological polar surface area (TPSA) is 51.4 Å². The molecule has 0 unspecified atom stereocenters. The van der Waals surface area contributed by atoms with Gasteiger partial charge in [-0.05, 0) is 43.9 Å². The first-order valence-corrected chi connectivity index (χ1v) is 7.31. The van der Waals surface area contributed by atoms with E-state index in [0.29, 0.717) is 6.10 Å². The Labute approximate surface area is 116 Å². The van der Waals surface area contributed by atoms with Gasteiger partial charge in [0.15, 0.2) is 0 Å². The van der Waals surface area contributed by atoms with Crippen molar-refractivity contribution in [2.45, 2.75) is 31.8 Å². The molecular formula is C15H25N3O. The molecule has 19 heavy (non-hydrogen) atoms. The molecule has 0 spiro atoms. The molecule has 0 aromatic carbocycles. The number of ether oxygens (including phenoxy) is 1. The lowest BCUT2D eigenvalue weighted by Gasteiger charge is -2.31. The lowest BCUT2D eigenvalue weighted by Crippen LogP contribution is -2.38. The maximum Gasteiger partial charge on any atom is 0.0599 e. The van der Waals surface area contributed by atoms with E-state index < -0.39 is 0 Å². The van der Waals surface area contributed by atoms with E-state index in [4.69, 9.17) is 10.5 Å². The van der Waals surface area contributed by atoms with Crippen molar-refractivity contribution in [3.8, 4) is 0 Å². The van der Waals surface area contributed by atoms with Crippen LogP contribution in [0.25, 0.3) is 0 Å². The van der Waals surface area contributed by atoms with Gasteiger partial charge in [-0.1, -0.05) is 6.07 Å². The second-order valence-corrected chi connectivity index (χ2v) is 5.17. The van der Waals surface area contributed by atoms with Crippen molar-refractivity contribution in [1.82, 2.24) is 9.88 Å². The van der Waals surface area contributed by atoms with E-state index in [9.17, 15) is 0 Å². The van der Waals surface area contributed by atoms with E-state index >= 15 is 0 Å². The molecule has 0 saturated carbocycles. The van der Waals surface area contributed by atoms with Gasteiger partial charge >= 0.3 is 0 Å². The maximum atomic E-state index is 5.82. The molecule has 0 aliphatic carbocycles. The second kappa shape index (κ2) is 8.25. The molecular weight excluding hydrogens is 238 g/mol. The molecule has 1 aliphatic rings. The lowest BCUT2D eigenvalue weighted by molar-refractivity contribution is 0.00752. The predicted molar refractivity (Wildman–Crippen MR) is 77.0 cm³/mol. The van der Waals surface area contributed by atoms with Gasteiger partial charge in [-0.25, -0.2) is 0 Å². The minimum Gasteiger partial charge on any atom is -0.378 e. The van der Waals surface area contributed by atoms with Crippen molar-refractivity contribution in [2.24, 2.45) is 5.73 Å². The Bertz CT molecular complexity index is 337. The smallest absolute Gasteiger partial charge is 0.0599 e. The van der Waals surface area contributed by atoms with E-state index in [1.165, 1.54) is 5.56 Å². The molecule has 1 aromatic rings. The van der Waals surface area contributed by atoms with E-state index in [-0.39, 0.29) is 0 Å². The number of piperidine rings is 1. The van der Waals surface area contributed by atoms with Gasteiger partial charge in [0.2, 0.25) is 0 Å². The minimum atomic E-state index is 0.446. The standard InChI is InChI=1S/C15H25N3O/c16-7-2-12-19-15-5-10-18(11-6-15)9-4-14-3-1-8-17-13-14/h1,3,8,13,15H,2,4-7,9-12,16H2. The predicted octanol–water partition coefficient (Wildman–Crippen LogP) is 1.45. The highest BCUT2D eigenvalue weighted by Crippen LogP contribution is 2.14. The van der Waals surface area contributed by atoms with Crippen molar-refractivity contribution < 1.29 is 4.74 Å². The number of hydrogen-bond acceptors (Lipinski definition) is 4. The molecule has 0 amide bonds. The molecule has 0 radical (unpaired) electrons. The van der Waals surface area contributed by atoms with Gasteiger partial charge in [-0.15, -0.1) is 0 Å². The van der Waals surface area contributed by atoms with Crippen LogP contribution in [0.15, 0.2) is 24.5 Å². The van der Waals surface area contributed by atoms with Crippen LogP contribution in [0, 0.1) is 0 Å². The summed E-state index contributed by atoms with van der Waals surface area (Å²) in [5.41, 5.74) is 6.79. The Morgan fingerprint density at radius 2 is 2.21 bits per heavy atom. The first-order valence-electron chi connectivity index (χ1n) is 7.31. The Morgan fingerprint density at radius 3 is 2.89 bits per heavy atom. The number of rotatable bonds is 7. The van der Waals surface area contributed by atoms with Crippen LogP contribution >= 0.6 is 0 Å². The normalized spacial score (nSPS) is 17.7. The molecule has 1 aliphatic heterocycles. The van der Waals surface area contributed by atoms with Crippen LogP contribution in [0.4, 0.5) is 0 Å². The highest BCUT2D eigenvalue weighted by molar-refractivity contribution is 5.08. The van der Waals surface area contributed by atoms with Crippen molar-refractivity contribution in [2.75, 3.05) is 32.8 Å². The molecule has 1 saturated heterocycles. The van der Waals surface area contributed by atoms with Gasteiger partial charge in [0, 0.05) is 38.6 Å². The average Bonchev–Trinajstić information content (AvgIpc) is 2.48. The van der Waals surface area contributed by atoms with Crippen LogP contribution in [-0.2, 0) is 11.2 Å². The molecule has 1 aromatic heterocycles. The van der Waals surface area contributed by atoms with Gasteiger partial charge in [-0.3, -0.25) is 4.98 Å². The third kappa shape index (κ3) is 5.27. The van der Waals surface area contributed by atoms with E-state index in [0.717, 1.165) is 58.5 Å². The molecule has 0 bridgehead atoms. The molecule has 1 fully saturated rings. The highest BCUT2D eigenvalue weighted by atomic mass is 16.5. The number of pyridine rings is 1. The van der Waals surface area contributed by atoms with E-state index in [2.05, 4.69) is 16.0 Å². The second-order valence-electron chi connectivity index (χ2n) is 5.17. The molecule has 2 heterocycles. The fourth-order valence-corrected chi connectivity index (χ4v) is 2.47. The molecule has 0 atom stereocenters. The average molecular weight is 263 g/mol. The summed E-state index contributed by atoms with van der Waals surface area (Å²) in [5, 5.41) is 0. The SMILES string of the molecule is NCCCOC1CCN(CCc2cccnc2)CC1. The van der Waals surface area contributed by atoms with Gasteiger partial charge in [-0.2, -0.15) is 0 Å². The Morgan fingerprint density at radius 1 is 1.37 bits per heavy atom. The fourth-order valence-electron chi connectivity index (χ4n) is 2.47. The fraction of sp³-hybridized carbons (Fsp3) is 0.667. The number of nitrogens with two attached hydrogens (primary N) is 1. The Hall–Kier alpha value is -0.970. The third-order valence-corrected chi connectivity index (χ3v) is 3.68. The van der Waals surface area contributed by atoms with Gasteiger partial charge in [0.25, 0.3) is 0 Å². The largest absolute Gasteiger partial charge is 0.378 e. The summed E-state index contributed by atoms with van der Waals surface area (Å²) in [7, 11) is 0.